The lowest BCUT2D eigenvalue weighted by Gasteiger charge is -2.22. The molecule has 0 bridgehead atoms. The molecule has 24 heavy (non-hydrogen) atoms. The number of thiophene rings is 1. The van der Waals surface area contributed by atoms with E-state index in [4.69, 9.17) is 16.3 Å². The minimum atomic E-state index is -0.888. The Morgan fingerprint density at radius 3 is 2.67 bits per heavy atom. The molecule has 3 rings (SSSR count). The lowest BCUT2D eigenvalue weighted by molar-refractivity contribution is 0.0696. The van der Waals surface area contributed by atoms with Gasteiger partial charge >= 0.3 is 5.97 Å². The van der Waals surface area contributed by atoms with Gasteiger partial charge in [-0.25, -0.2) is 4.79 Å². The van der Waals surface area contributed by atoms with Gasteiger partial charge in [-0.2, -0.15) is 0 Å². The first-order valence-corrected chi connectivity index (χ1v) is 9.45. The van der Waals surface area contributed by atoms with Crippen molar-refractivity contribution in [3.8, 4) is 10.4 Å². The van der Waals surface area contributed by atoms with E-state index in [2.05, 4.69) is 0 Å². The molecule has 0 unspecified atom stereocenters. The molecule has 128 valence electrons. The summed E-state index contributed by atoms with van der Waals surface area (Å²) in [6, 6.07) is 7.79. The van der Waals surface area contributed by atoms with E-state index in [9.17, 15) is 9.90 Å². The van der Waals surface area contributed by atoms with Gasteiger partial charge in [-0.15, -0.1) is 11.3 Å². The molecular weight excluding hydrogens is 344 g/mol. The fraction of sp³-hybridized carbons (Fsp3) is 0.421. The van der Waals surface area contributed by atoms with E-state index in [1.54, 1.807) is 7.11 Å². The van der Waals surface area contributed by atoms with E-state index in [1.165, 1.54) is 17.8 Å². The number of methoxy groups -OCH3 is 1. The molecule has 1 aliphatic carbocycles. The Hall–Kier alpha value is -1.36. The van der Waals surface area contributed by atoms with Gasteiger partial charge in [-0.1, -0.05) is 55.1 Å². The molecule has 3 nitrogen and oxygen atoms in total. The Morgan fingerprint density at radius 1 is 1.29 bits per heavy atom. The normalized spacial score (nSPS) is 15.6. The van der Waals surface area contributed by atoms with Crippen LogP contribution < -0.4 is 0 Å². The van der Waals surface area contributed by atoms with Crippen LogP contribution in [-0.4, -0.2) is 18.2 Å². The number of halogens is 1. The highest BCUT2D eigenvalue weighted by Crippen LogP contribution is 2.47. The van der Waals surface area contributed by atoms with Crippen LogP contribution in [0.5, 0.6) is 0 Å². The summed E-state index contributed by atoms with van der Waals surface area (Å²) in [6.07, 6.45) is 5.56. The summed E-state index contributed by atoms with van der Waals surface area (Å²) in [5, 5.41) is 9.89. The highest BCUT2D eigenvalue weighted by atomic mass is 35.5. The summed E-state index contributed by atoms with van der Waals surface area (Å²) in [4.78, 5) is 12.8. The van der Waals surface area contributed by atoms with Crippen molar-refractivity contribution in [2.45, 2.75) is 44.6 Å². The van der Waals surface area contributed by atoms with Crippen LogP contribution in [0.15, 0.2) is 24.3 Å². The zero-order chi connectivity index (χ0) is 17.1. The number of hydrogen-bond donors (Lipinski definition) is 1. The summed E-state index contributed by atoms with van der Waals surface area (Å²) >= 11 is 7.92. The summed E-state index contributed by atoms with van der Waals surface area (Å²) in [7, 11) is 1.64. The molecule has 1 fully saturated rings. The van der Waals surface area contributed by atoms with E-state index in [1.807, 2.05) is 24.3 Å². The largest absolute Gasteiger partial charge is 0.478 e. The zero-order valence-corrected chi connectivity index (χ0v) is 15.3. The number of carboxylic acid groups (broad SMARTS) is 1. The third kappa shape index (κ3) is 3.37. The maximum atomic E-state index is 12.1. The van der Waals surface area contributed by atoms with E-state index in [0.29, 0.717) is 16.5 Å². The molecule has 1 N–H and O–H groups in total. The van der Waals surface area contributed by atoms with E-state index in [0.717, 1.165) is 47.3 Å². The molecule has 5 heteroatoms. The smallest absolute Gasteiger partial charge is 0.337 e. The highest BCUT2D eigenvalue weighted by molar-refractivity contribution is 7.20. The van der Waals surface area contributed by atoms with Gasteiger partial charge in [0.25, 0.3) is 0 Å². The number of aromatic carboxylic acids is 1. The van der Waals surface area contributed by atoms with Gasteiger partial charge < -0.3 is 9.84 Å². The first kappa shape index (κ1) is 17.5. The van der Waals surface area contributed by atoms with Gasteiger partial charge in [0.05, 0.1) is 21.4 Å². The van der Waals surface area contributed by atoms with Crippen molar-refractivity contribution in [1.29, 1.82) is 0 Å². The Morgan fingerprint density at radius 2 is 2.00 bits per heavy atom. The van der Waals surface area contributed by atoms with Crippen LogP contribution in [0.3, 0.4) is 0 Å². The Balaban J connectivity index is 2.14. The van der Waals surface area contributed by atoms with Crippen LogP contribution in [0.2, 0.25) is 4.34 Å². The molecule has 0 aliphatic heterocycles. The molecule has 0 spiro atoms. The molecule has 0 amide bonds. The Kier molecular flexibility index (Phi) is 5.59. The van der Waals surface area contributed by atoms with E-state index >= 15 is 0 Å². The van der Waals surface area contributed by atoms with Gasteiger partial charge in [-0.3, -0.25) is 0 Å². The van der Waals surface area contributed by atoms with Crippen LogP contribution in [0.4, 0.5) is 0 Å². The number of carboxylic acids is 1. The monoisotopic (exact) mass is 364 g/mol. The molecule has 1 heterocycles. The summed E-state index contributed by atoms with van der Waals surface area (Å²) < 4.78 is 5.89. The van der Waals surface area contributed by atoms with Crippen molar-refractivity contribution in [1.82, 2.24) is 0 Å². The van der Waals surface area contributed by atoms with Crippen molar-refractivity contribution in [3.05, 3.63) is 45.3 Å². The fourth-order valence-electron chi connectivity index (χ4n) is 3.60. The highest BCUT2D eigenvalue weighted by Gasteiger charge is 2.30. The summed E-state index contributed by atoms with van der Waals surface area (Å²) in [5.41, 5.74) is 3.12. The minimum Gasteiger partial charge on any atom is -0.478 e. The number of hydrogen-bond acceptors (Lipinski definition) is 3. The topological polar surface area (TPSA) is 46.5 Å². The van der Waals surface area contributed by atoms with Crippen molar-refractivity contribution in [2.24, 2.45) is 0 Å². The molecular formula is C19H21ClO3S. The van der Waals surface area contributed by atoms with Gasteiger partial charge in [0.15, 0.2) is 0 Å². The zero-order valence-electron chi connectivity index (χ0n) is 13.7. The maximum Gasteiger partial charge on any atom is 0.337 e. The quantitative estimate of drug-likeness (QED) is 0.711. The van der Waals surface area contributed by atoms with Crippen LogP contribution in [0.25, 0.3) is 10.4 Å². The molecule has 0 saturated heterocycles. The lowest BCUT2D eigenvalue weighted by Crippen LogP contribution is -2.10. The van der Waals surface area contributed by atoms with Crippen LogP contribution >= 0.6 is 22.9 Å². The number of ether oxygens (including phenoxy) is 1. The van der Waals surface area contributed by atoms with Crippen LogP contribution in [0, 0.1) is 0 Å². The van der Waals surface area contributed by atoms with Crippen LogP contribution in [0.1, 0.15) is 59.5 Å². The van der Waals surface area contributed by atoms with Gasteiger partial charge in [0.2, 0.25) is 0 Å². The predicted molar refractivity (Wildman–Crippen MR) is 98.3 cm³/mol. The summed E-state index contributed by atoms with van der Waals surface area (Å²) in [5.74, 6) is -0.627. The average molecular weight is 365 g/mol. The first-order chi connectivity index (χ1) is 11.6. The Labute approximate surface area is 151 Å². The molecule has 1 aliphatic rings. The first-order valence-electron chi connectivity index (χ1n) is 8.26. The molecule has 2 aromatic rings. The van der Waals surface area contributed by atoms with Crippen LogP contribution in [-0.2, 0) is 11.3 Å². The van der Waals surface area contributed by atoms with Crippen molar-refractivity contribution >= 4 is 28.9 Å². The SMILES string of the molecule is COCc1ccccc1-c1sc(Cl)c(C2CCCCC2)c1C(=O)O. The number of benzene rings is 1. The third-order valence-corrected chi connectivity index (χ3v) is 6.15. The summed E-state index contributed by atoms with van der Waals surface area (Å²) in [6.45, 7) is 0.448. The van der Waals surface area contributed by atoms with Gasteiger partial charge in [0, 0.05) is 7.11 Å². The number of carbonyl (C=O) groups is 1. The van der Waals surface area contributed by atoms with Crippen molar-refractivity contribution in [3.63, 3.8) is 0 Å². The second-order valence-electron chi connectivity index (χ2n) is 6.22. The van der Waals surface area contributed by atoms with Crippen molar-refractivity contribution < 1.29 is 14.6 Å². The number of rotatable bonds is 5. The van der Waals surface area contributed by atoms with Gasteiger partial charge in [0.1, 0.15) is 0 Å². The van der Waals surface area contributed by atoms with Gasteiger partial charge in [-0.05, 0) is 35.4 Å². The third-order valence-electron chi connectivity index (χ3n) is 4.69. The van der Waals surface area contributed by atoms with E-state index < -0.39 is 5.97 Å². The molecule has 1 aromatic carbocycles. The molecule has 0 radical (unpaired) electrons. The van der Waals surface area contributed by atoms with Crippen molar-refractivity contribution in [2.75, 3.05) is 7.11 Å². The second-order valence-corrected chi connectivity index (χ2v) is 7.85. The predicted octanol–water partition coefficient (Wildman–Crippen LogP) is 5.96. The fourth-order valence-corrected chi connectivity index (χ4v) is 5.24. The van der Waals surface area contributed by atoms with E-state index in [-0.39, 0.29) is 5.92 Å². The maximum absolute atomic E-state index is 12.1. The Bertz CT molecular complexity index is 732. The molecule has 1 aromatic heterocycles. The molecule has 0 atom stereocenters. The lowest BCUT2D eigenvalue weighted by atomic mass is 9.83. The average Bonchev–Trinajstić information content (AvgIpc) is 2.94. The standard InChI is InChI=1S/C19H21ClO3S/c1-23-11-13-9-5-6-10-14(13)17-16(19(21)22)15(18(20)24-17)12-7-3-2-4-8-12/h5-6,9-10,12H,2-4,7-8,11H2,1H3,(H,21,22). The minimum absolute atomic E-state index is 0.261. The second kappa shape index (κ2) is 7.68. The molecule has 1 saturated carbocycles.